The Kier molecular flexibility index (Phi) is 6.75. The number of hydrogen-bond donors (Lipinski definition) is 2. The maximum absolute atomic E-state index is 12.0. The van der Waals surface area contributed by atoms with Crippen molar-refractivity contribution in [3.05, 3.63) is 0 Å². The molecule has 0 amide bonds. The summed E-state index contributed by atoms with van der Waals surface area (Å²) in [5.74, 6) is 0.809. The topological polar surface area (TPSA) is 76.0 Å². The van der Waals surface area contributed by atoms with Gasteiger partial charge < -0.3 is 10.2 Å². The molecule has 1 rings (SSSR count). The van der Waals surface area contributed by atoms with E-state index in [4.69, 9.17) is 20.0 Å². The molecular weight excluding hydrogens is 248 g/mol. The summed E-state index contributed by atoms with van der Waals surface area (Å²) in [6.07, 6.45) is 2.00. The monoisotopic (exact) mass is 274 g/mol. The van der Waals surface area contributed by atoms with E-state index in [1.165, 1.54) is 0 Å². The predicted octanol–water partition coefficient (Wildman–Crippen LogP) is 1.52. The van der Waals surface area contributed by atoms with Crippen molar-refractivity contribution in [1.82, 2.24) is 0 Å². The van der Waals surface area contributed by atoms with Crippen molar-refractivity contribution in [1.29, 1.82) is 0 Å². The van der Waals surface area contributed by atoms with Crippen LogP contribution in [0.5, 0.6) is 0 Å². The molecule has 0 aliphatic heterocycles. The fraction of sp³-hybridized carbons (Fsp3) is 0.929. The van der Waals surface area contributed by atoms with Crippen LogP contribution in [0.3, 0.4) is 0 Å². The van der Waals surface area contributed by atoms with Crippen LogP contribution in [0.2, 0.25) is 0 Å². The summed E-state index contributed by atoms with van der Waals surface area (Å²) in [5.41, 5.74) is 0. The largest absolute Gasteiger partial charge is 0.394 e. The summed E-state index contributed by atoms with van der Waals surface area (Å²) >= 11 is 0. The van der Waals surface area contributed by atoms with Gasteiger partial charge >= 0.3 is 5.97 Å². The smallest absolute Gasteiger partial charge is 0.345 e. The van der Waals surface area contributed by atoms with Gasteiger partial charge in [-0.15, -0.1) is 0 Å². The van der Waals surface area contributed by atoms with Gasteiger partial charge in [-0.3, -0.25) is 4.89 Å². The van der Waals surface area contributed by atoms with Crippen LogP contribution in [0.4, 0.5) is 0 Å². The second-order valence-electron chi connectivity index (χ2n) is 5.96. The molecule has 0 aromatic heterocycles. The zero-order valence-corrected chi connectivity index (χ0v) is 12.0. The van der Waals surface area contributed by atoms with Crippen LogP contribution in [0.1, 0.15) is 40.0 Å². The van der Waals surface area contributed by atoms with Crippen LogP contribution in [-0.4, -0.2) is 35.5 Å². The molecule has 4 unspecified atom stereocenters. The molecule has 5 heteroatoms. The molecule has 0 spiro atoms. The van der Waals surface area contributed by atoms with Crippen molar-refractivity contribution < 1.29 is 24.8 Å². The van der Waals surface area contributed by atoms with Gasteiger partial charge in [0, 0.05) is 0 Å². The highest BCUT2D eigenvalue weighted by Gasteiger charge is 2.37. The fourth-order valence-electron chi connectivity index (χ4n) is 2.76. The van der Waals surface area contributed by atoms with E-state index < -0.39 is 12.7 Å². The van der Waals surface area contributed by atoms with E-state index in [2.05, 4.69) is 20.8 Å². The fourth-order valence-corrected chi connectivity index (χ4v) is 2.76. The van der Waals surface area contributed by atoms with Crippen molar-refractivity contribution in [3.8, 4) is 0 Å². The quantitative estimate of drug-likeness (QED) is 0.567. The van der Waals surface area contributed by atoms with E-state index in [-0.39, 0.29) is 18.5 Å². The maximum Gasteiger partial charge on any atom is 0.345 e. The molecule has 1 aliphatic rings. The minimum atomic E-state index is -1.01. The second kappa shape index (κ2) is 7.82. The Morgan fingerprint density at radius 3 is 2.63 bits per heavy atom. The predicted molar refractivity (Wildman–Crippen MR) is 70.0 cm³/mol. The molecule has 1 aliphatic carbocycles. The molecule has 4 atom stereocenters. The van der Waals surface area contributed by atoms with Gasteiger partial charge in [0.1, 0.15) is 12.7 Å². The molecule has 0 aromatic rings. The van der Waals surface area contributed by atoms with Crippen LogP contribution in [0, 0.1) is 23.7 Å². The lowest BCUT2D eigenvalue weighted by Crippen LogP contribution is -2.35. The Labute approximate surface area is 114 Å². The molecule has 0 heterocycles. The highest BCUT2D eigenvalue weighted by Crippen LogP contribution is 2.38. The van der Waals surface area contributed by atoms with Gasteiger partial charge in [-0.1, -0.05) is 27.2 Å². The van der Waals surface area contributed by atoms with Crippen molar-refractivity contribution in [2.24, 2.45) is 23.7 Å². The van der Waals surface area contributed by atoms with E-state index in [0.29, 0.717) is 17.8 Å². The van der Waals surface area contributed by atoms with Crippen molar-refractivity contribution in [3.63, 3.8) is 0 Å². The Morgan fingerprint density at radius 1 is 1.37 bits per heavy atom. The van der Waals surface area contributed by atoms with Crippen LogP contribution in [0.15, 0.2) is 0 Å². The van der Waals surface area contributed by atoms with E-state index >= 15 is 0 Å². The van der Waals surface area contributed by atoms with Crippen molar-refractivity contribution in [2.45, 2.75) is 46.1 Å². The molecule has 1 saturated carbocycles. The molecular formula is C14H26O5. The first kappa shape index (κ1) is 16.4. The zero-order valence-electron chi connectivity index (χ0n) is 12.0. The lowest BCUT2D eigenvalue weighted by molar-refractivity contribution is -0.288. The summed E-state index contributed by atoms with van der Waals surface area (Å²) in [4.78, 5) is 21.5. The van der Waals surface area contributed by atoms with E-state index in [1.54, 1.807) is 0 Å². The van der Waals surface area contributed by atoms with Gasteiger partial charge in [0.25, 0.3) is 0 Å². The summed E-state index contributed by atoms with van der Waals surface area (Å²) in [6, 6.07) is 0. The summed E-state index contributed by atoms with van der Waals surface area (Å²) < 4.78 is 0. The van der Waals surface area contributed by atoms with E-state index in [1.807, 2.05) is 0 Å². The molecule has 0 saturated heterocycles. The third kappa shape index (κ3) is 5.09. The van der Waals surface area contributed by atoms with Crippen molar-refractivity contribution in [2.75, 3.05) is 13.2 Å². The lowest BCUT2D eigenvalue weighted by Gasteiger charge is -2.35. The summed E-state index contributed by atoms with van der Waals surface area (Å²) in [5, 5.41) is 17.7. The van der Waals surface area contributed by atoms with Gasteiger partial charge in [0.15, 0.2) is 0 Å². The van der Waals surface area contributed by atoms with Gasteiger partial charge in [0.2, 0.25) is 0 Å². The number of hydrogen-bond acceptors (Lipinski definition) is 5. The molecule has 0 bridgehead atoms. The Hall–Kier alpha value is -0.650. The first-order valence-corrected chi connectivity index (χ1v) is 7.07. The van der Waals surface area contributed by atoms with Crippen molar-refractivity contribution >= 4 is 5.97 Å². The minimum absolute atomic E-state index is 0.130. The van der Waals surface area contributed by atoms with E-state index in [0.717, 1.165) is 19.3 Å². The number of carbonyl (C=O) groups excluding carboxylic acids is 1. The molecule has 112 valence electrons. The lowest BCUT2D eigenvalue weighted by atomic mass is 9.70. The van der Waals surface area contributed by atoms with Gasteiger partial charge in [-0.05, 0) is 30.6 Å². The molecule has 0 aromatic carbocycles. The zero-order chi connectivity index (χ0) is 14.4. The van der Waals surface area contributed by atoms with Crippen LogP contribution in [-0.2, 0) is 14.6 Å². The molecule has 2 N–H and O–H groups in total. The third-order valence-corrected chi connectivity index (χ3v) is 3.94. The first-order valence-electron chi connectivity index (χ1n) is 7.07. The number of rotatable bonds is 6. The summed E-state index contributed by atoms with van der Waals surface area (Å²) in [7, 11) is 0. The Bertz CT molecular complexity index is 279. The normalized spacial score (nSPS) is 29.3. The Balaban J connectivity index is 2.47. The van der Waals surface area contributed by atoms with E-state index in [9.17, 15) is 4.79 Å². The number of carbonyl (C=O) groups is 1. The first-order chi connectivity index (χ1) is 8.95. The third-order valence-electron chi connectivity index (χ3n) is 3.94. The summed E-state index contributed by atoms with van der Waals surface area (Å²) in [6.45, 7) is 5.78. The number of aliphatic hydroxyl groups is 2. The van der Waals surface area contributed by atoms with Crippen LogP contribution >= 0.6 is 0 Å². The molecule has 1 fully saturated rings. The highest BCUT2D eigenvalue weighted by molar-refractivity contribution is 5.72. The van der Waals surface area contributed by atoms with Gasteiger partial charge in [-0.25, -0.2) is 4.79 Å². The van der Waals surface area contributed by atoms with Crippen LogP contribution in [0.25, 0.3) is 0 Å². The Morgan fingerprint density at radius 2 is 2.05 bits per heavy atom. The minimum Gasteiger partial charge on any atom is -0.394 e. The molecule has 19 heavy (non-hydrogen) atoms. The standard InChI is InChI=1S/C14H26O5/c1-9(2)12-5-4-10(3)6-13(12)14(17)19-18-8-11(16)7-15/h9-13,15-16H,4-8H2,1-3H3. The average Bonchev–Trinajstić information content (AvgIpc) is 2.37. The van der Waals surface area contributed by atoms with Gasteiger partial charge in [0.05, 0.1) is 12.5 Å². The SMILES string of the molecule is CC1CCC(C(C)C)C(C(=O)OOCC(O)CO)C1. The molecule has 0 radical (unpaired) electrons. The maximum atomic E-state index is 12.0. The average molecular weight is 274 g/mol. The van der Waals surface area contributed by atoms with Gasteiger partial charge in [-0.2, -0.15) is 4.89 Å². The second-order valence-corrected chi connectivity index (χ2v) is 5.96. The highest BCUT2D eigenvalue weighted by atomic mass is 17.2. The number of aliphatic hydroxyl groups excluding tert-OH is 2. The molecule has 5 nitrogen and oxygen atoms in total. The van der Waals surface area contributed by atoms with Crippen LogP contribution < -0.4 is 0 Å².